The first-order valence-corrected chi connectivity index (χ1v) is 8.50. The predicted octanol–water partition coefficient (Wildman–Crippen LogP) is 5.22. The fraction of sp³-hybridized carbons (Fsp3) is 0.278. The van der Waals surface area contributed by atoms with Gasteiger partial charge < -0.3 is 9.84 Å². The van der Waals surface area contributed by atoms with Gasteiger partial charge in [-0.15, -0.1) is 11.8 Å². The summed E-state index contributed by atoms with van der Waals surface area (Å²) in [5.74, 6) is -1.35. The lowest BCUT2D eigenvalue weighted by atomic mass is 10.1. The molecule has 0 fully saturated rings. The number of aliphatic carboxylic acids is 1. The van der Waals surface area contributed by atoms with E-state index < -0.39 is 30.1 Å². The molecule has 0 atom stereocenters. The third-order valence-corrected chi connectivity index (χ3v) is 4.57. The molecule has 0 aliphatic heterocycles. The van der Waals surface area contributed by atoms with Gasteiger partial charge in [-0.1, -0.05) is 6.07 Å². The first-order valence-electron chi connectivity index (χ1n) is 7.52. The number of carboxylic acids is 1. The van der Waals surface area contributed by atoms with Crippen molar-refractivity contribution in [2.75, 3.05) is 6.61 Å². The highest BCUT2D eigenvalue weighted by Gasteiger charge is 2.31. The minimum Gasteiger partial charge on any atom is -0.481 e. The molecule has 140 valence electrons. The molecule has 2 aromatic carbocycles. The Morgan fingerprint density at radius 1 is 1.15 bits per heavy atom. The molecule has 26 heavy (non-hydrogen) atoms. The molecule has 0 radical (unpaired) electrons. The predicted molar refractivity (Wildman–Crippen MR) is 90.0 cm³/mol. The van der Waals surface area contributed by atoms with Crippen LogP contribution in [0.25, 0.3) is 0 Å². The molecule has 2 rings (SSSR count). The van der Waals surface area contributed by atoms with E-state index in [1.54, 1.807) is 26.0 Å². The van der Waals surface area contributed by atoms with Crippen molar-refractivity contribution in [3.05, 3.63) is 58.4 Å². The summed E-state index contributed by atoms with van der Waals surface area (Å²) in [6, 6.07) is 6.01. The molecule has 0 heterocycles. The number of rotatable bonds is 6. The van der Waals surface area contributed by atoms with Crippen molar-refractivity contribution in [1.29, 1.82) is 0 Å². The van der Waals surface area contributed by atoms with Crippen LogP contribution < -0.4 is 4.74 Å². The van der Waals surface area contributed by atoms with Crippen molar-refractivity contribution in [3.8, 4) is 5.75 Å². The van der Waals surface area contributed by atoms with E-state index in [4.69, 9.17) is 9.84 Å². The lowest BCUT2D eigenvalue weighted by Gasteiger charge is -2.13. The Bertz CT molecular complexity index is 796. The molecule has 8 heteroatoms. The first-order chi connectivity index (χ1) is 12.1. The van der Waals surface area contributed by atoms with Gasteiger partial charge in [-0.25, -0.2) is 9.18 Å². The number of hydrogen-bond acceptors (Lipinski definition) is 3. The van der Waals surface area contributed by atoms with Crippen LogP contribution in [0.15, 0.2) is 35.2 Å². The SMILES string of the molecule is Cc1cc(SCc2ccc(C(F)(F)F)cc2F)cc(C)c1OCC(=O)O. The Morgan fingerprint density at radius 3 is 2.27 bits per heavy atom. The summed E-state index contributed by atoms with van der Waals surface area (Å²) in [5, 5.41) is 8.68. The topological polar surface area (TPSA) is 46.5 Å². The number of hydrogen-bond donors (Lipinski definition) is 1. The van der Waals surface area contributed by atoms with E-state index in [0.717, 1.165) is 28.2 Å². The average Bonchev–Trinajstić information content (AvgIpc) is 2.51. The Hall–Kier alpha value is -2.22. The van der Waals surface area contributed by atoms with E-state index in [1.165, 1.54) is 11.8 Å². The van der Waals surface area contributed by atoms with Crippen LogP contribution >= 0.6 is 11.8 Å². The number of carbonyl (C=O) groups is 1. The smallest absolute Gasteiger partial charge is 0.416 e. The number of thioether (sulfide) groups is 1. The molecule has 3 nitrogen and oxygen atoms in total. The lowest BCUT2D eigenvalue weighted by Crippen LogP contribution is -2.10. The molecule has 0 unspecified atom stereocenters. The number of ether oxygens (including phenoxy) is 1. The van der Waals surface area contributed by atoms with E-state index in [2.05, 4.69) is 0 Å². The van der Waals surface area contributed by atoms with Gasteiger partial charge in [0.2, 0.25) is 0 Å². The molecular formula is C18H16F4O3S. The third-order valence-electron chi connectivity index (χ3n) is 3.55. The quantitative estimate of drug-likeness (QED) is 0.545. The van der Waals surface area contributed by atoms with Crippen LogP contribution in [0.5, 0.6) is 5.75 Å². The Kier molecular flexibility index (Phi) is 6.17. The maximum Gasteiger partial charge on any atom is 0.416 e. The van der Waals surface area contributed by atoms with Gasteiger partial charge in [-0.2, -0.15) is 13.2 Å². The number of aryl methyl sites for hydroxylation is 2. The van der Waals surface area contributed by atoms with Gasteiger partial charge >= 0.3 is 12.1 Å². The minimum absolute atomic E-state index is 0.165. The number of carboxylic acid groups (broad SMARTS) is 1. The molecule has 1 N–H and O–H groups in total. The maximum absolute atomic E-state index is 13.9. The van der Waals surface area contributed by atoms with Crippen molar-refractivity contribution in [3.63, 3.8) is 0 Å². The van der Waals surface area contributed by atoms with Crippen LogP contribution in [-0.2, 0) is 16.7 Å². The summed E-state index contributed by atoms with van der Waals surface area (Å²) in [6.07, 6.45) is -4.58. The van der Waals surface area contributed by atoms with Crippen LogP contribution in [-0.4, -0.2) is 17.7 Å². The zero-order valence-corrected chi connectivity index (χ0v) is 14.8. The molecule has 0 aromatic heterocycles. The highest BCUT2D eigenvalue weighted by atomic mass is 32.2. The van der Waals surface area contributed by atoms with E-state index >= 15 is 0 Å². The van der Waals surface area contributed by atoms with Crippen LogP contribution in [0.1, 0.15) is 22.3 Å². The molecule has 0 aliphatic rings. The summed E-state index contributed by atoms with van der Waals surface area (Å²) in [5.41, 5.74) is 0.600. The molecule has 0 bridgehead atoms. The molecule has 0 saturated carbocycles. The summed E-state index contributed by atoms with van der Waals surface area (Å²) >= 11 is 1.27. The van der Waals surface area contributed by atoms with Gasteiger partial charge in [0.05, 0.1) is 5.56 Å². The third kappa shape index (κ3) is 5.14. The minimum atomic E-state index is -4.58. The zero-order valence-electron chi connectivity index (χ0n) is 14.0. The van der Waals surface area contributed by atoms with Gasteiger partial charge in [0.1, 0.15) is 11.6 Å². The Labute approximate surface area is 152 Å². The van der Waals surface area contributed by atoms with E-state index in [-0.39, 0.29) is 11.3 Å². The highest BCUT2D eigenvalue weighted by molar-refractivity contribution is 7.98. The summed E-state index contributed by atoms with van der Waals surface area (Å²) in [6.45, 7) is 3.06. The van der Waals surface area contributed by atoms with E-state index in [9.17, 15) is 22.4 Å². The van der Waals surface area contributed by atoms with Crippen molar-refractivity contribution in [2.24, 2.45) is 0 Å². The second-order valence-corrected chi connectivity index (χ2v) is 6.71. The number of halogens is 4. The fourth-order valence-electron chi connectivity index (χ4n) is 2.36. The van der Waals surface area contributed by atoms with Crippen LogP contribution in [0.2, 0.25) is 0 Å². The van der Waals surface area contributed by atoms with Crippen LogP contribution in [0.3, 0.4) is 0 Å². The average molecular weight is 388 g/mol. The largest absolute Gasteiger partial charge is 0.481 e. The van der Waals surface area contributed by atoms with E-state index in [1.807, 2.05) is 0 Å². The second kappa shape index (κ2) is 7.99. The zero-order chi connectivity index (χ0) is 19.5. The van der Waals surface area contributed by atoms with Gasteiger partial charge in [0, 0.05) is 10.6 Å². The summed E-state index contributed by atoms with van der Waals surface area (Å²) in [7, 11) is 0. The van der Waals surface area contributed by atoms with Crippen LogP contribution in [0, 0.1) is 19.7 Å². The number of alkyl halides is 3. The van der Waals surface area contributed by atoms with Gasteiger partial charge in [-0.3, -0.25) is 0 Å². The Balaban J connectivity index is 2.11. The van der Waals surface area contributed by atoms with Gasteiger partial charge in [0.15, 0.2) is 6.61 Å². The van der Waals surface area contributed by atoms with Crippen LogP contribution in [0.4, 0.5) is 17.6 Å². The lowest BCUT2D eigenvalue weighted by molar-refractivity contribution is -0.139. The molecule has 0 saturated heterocycles. The monoisotopic (exact) mass is 388 g/mol. The standard InChI is InChI=1S/C18H16F4O3S/c1-10-5-14(6-11(2)17(10)25-8-16(23)24)26-9-12-3-4-13(7-15(12)19)18(20,21)22/h3-7H,8-9H2,1-2H3,(H,23,24). The maximum atomic E-state index is 13.9. The van der Waals surface area contributed by atoms with E-state index in [0.29, 0.717) is 11.8 Å². The highest BCUT2D eigenvalue weighted by Crippen LogP contribution is 2.34. The van der Waals surface area contributed by atoms with Crippen molar-refractivity contribution < 1.29 is 32.2 Å². The first kappa shape index (κ1) is 20.1. The molecule has 0 aliphatic carbocycles. The fourth-order valence-corrected chi connectivity index (χ4v) is 3.43. The van der Waals surface area contributed by atoms with Gasteiger partial charge in [0.25, 0.3) is 0 Å². The second-order valence-electron chi connectivity index (χ2n) is 5.66. The molecule has 2 aromatic rings. The van der Waals surface area contributed by atoms with Crippen molar-refractivity contribution >= 4 is 17.7 Å². The molecular weight excluding hydrogens is 372 g/mol. The molecule has 0 amide bonds. The normalized spacial score (nSPS) is 11.5. The Morgan fingerprint density at radius 2 is 1.77 bits per heavy atom. The summed E-state index contributed by atoms with van der Waals surface area (Å²) < 4.78 is 56.8. The van der Waals surface area contributed by atoms with Gasteiger partial charge in [-0.05, 0) is 54.8 Å². The summed E-state index contributed by atoms with van der Waals surface area (Å²) in [4.78, 5) is 11.4. The van der Waals surface area contributed by atoms with Crippen molar-refractivity contribution in [2.45, 2.75) is 30.7 Å². The molecule has 0 spiro atoms. The number of benzene rings is 2. The van der Waals surface area contributed by atoms with Crippen molar-refractivity contribution in [1.82, 2.24) is 0 Å².